The number of carbonyl (C=O) groups is 1. The minimum absolute atomic E-state index is 0.0241. The maximum Gasteiger partial charge on any atom is 0.253 e. The summed E-state index contributed by atoms with van der Waals surface area (Å²) in [7, 11) is 0. The fourth-order valence-corrected chi connectivity index (χ4v) is 2.44. The van der Waals surface area contributed by atoms with Crippen molar-refractivity contribution in [1.29, 1.82) is 5.26 Å². The Balaban J connectivity index is 1.99. The standard InChI is InChI=1S/C15H18ClN3O/c1-15(2,11-17)19-9-7-18(8-10-19)14(20)12-3-5-13(16)6-4-12/h3-6H,7-10H2,1-2H3. The van der Waals surface area contributed by atoms with Crippen LogP contribution in [0.3, 0.4) is 0 Å². The molecule has 1 saturated heterocycles. The van der Waals surface area contributed by atoms with Gasteiger partial charge in [-0.3, -0.25) is 9.69 Å². The number of carbonyl (C=O) groups excluding carboxylic acids is 1. The van der Waals surface area contributed by atoms with Crippen LogP contribution in [-0.2, 0) is 0 Å². The van der Waals surface area contributed by atoms with Gasteiger partial charge >= 0.3 is 0 Å². The first-order valence-electron chi connectivity index (χ1n) is 6.65. The Labute approximate surface area is 124 Å². The van der Waals surface area contributed by atoms with Gasteiger partial charge in [0.2, 0.25) is 0 Å². The zero-order chi connectivity index (χ0) is 14.8. The second-order valence-electron chi connectivity index (χ2n) is 5.46. The minimum atomic E-state index is -0.477. The van der Waals surface area contributed by atoms with Gasteiger partial charge < -0.3 is 4.90 Å². The molecule has 0 unspecified atom stereocenters. The lowest BCUT2D eigenvalue weighted by atomic mass is 10.0. The Bertz CT molecular complexity index is 525. The van der Waals surface area contributed by atoms with E-state index in [2.05, 4.69) is 11.0 Å². The second kappa shape index (κ2) is 5.82. The smallest absolute Gasteiger partial charge is 0.253 e. The molecule has 1 fully saturated rings. The molecule has 0 saturated carbocycles. The van der Waals surface area contributed by atoms with Crippen LogP contribution >= 0.6 is 11.6 Å². The van der Waals surface area contributed by atoms with E-state index in [1.807, 2.05) is 18.7 Å². The Hall–Kier alpha value is -1.57. The molecule has 5 heteroatoms. The SMILES string of the molecule is CC(C)(C#N)N1CCN(C(=O)c2ccc(Cl)cc2)CC1. The number of nitrogens with zero attached hydrogens (tertiary/aromatic N) is 3. The Morgan fingerprint density at radius 3 is 2.25 bits per heavy atom. The molecule has 0 aliphatic carbocycles. The van der Waals surface area contributed by atoms with Crippen molar-refractivity contribution in [2.45, 2.75) is 19.4 Å². The number of hydrogen-bond acceptors (Lipinski definition) is 3. The van der Waals surface area contributed by atoms with Crippen LogP contribution in [0.5, 0.6) is 0 Å². The molecular formula is C15H18ClN3O. The average Bonchev–Trinajstić information content (AvgIpc) is 2.47. The third-order valence-corrected chi connectivity index (χ3v) is 3.97. The molecule has 106 valence electrons. The van der Waals surface area contributed by atoms with Gasteiger partial charge in [0.15, 0.2) is 0 Å². The van der Waals surface area contributed by atoms with Crippen molar-refractivity contribution in [2.75, 3.05) is 26.2 Å². The third-order valence-electron chi connectivity index (χ3n) is 3.72. The van der Waals surface area contributed by atoms with Crippen molar-refractivity contribution in [1.82, 2.24) is 9.80 Å². The fourth-order valence-electron chi connectivity index (χ4n) is 2.31. The lowest BCUT2D eigenvalue weighted by Crippen LogP contribution is -2.55. The molecule has 0 bridgehead atoms. The van der Waals surface area contributed by atoms with Crippen LogP contribution in [0.1, 0.15) is 24.2 Å². The van der Waals surface area contributed by atoms with Crippen LogP contribution in [0.15, 0.2) is 24.3 Å². The molecule has 1 aliphatic rings. The largest absolute Gasteiger partial charge is 0.336 e. The zero-order valence-corrected chi connectivity index (χ0v) is 12.5. The number of piperazine rings is 1. The summed E-state index contributed by atoms with van der Waals surface area (Å²) in [4.78, 5) is 16.3. The van der Waals surface area contributed by atoms with Gasteiger partial charge in [-0.15, -0.1) is 0 Å². The third kappa shape index (κ3) is 3.12. The highest BCUT2D eigenvalue weighted by molar-refractivity contribution is 6.30. The molecule has 0 N–H and O–H groups in total. The van der Waals surface area contributed by atoms with Crippen molar-refractivity contribution < 1.29 is 4.79 Å². The predicted octanol–water partition coefficient (Wildman–Crippen LogP) is 2.40. The zero-order valence-electron chi connectivity index (χ0n) is 11.8. The number of amides is 1. The number of hydrogen-bond donors (Lipinski definition) is 0. The molecule has 1 aliphatic heterocycles. The summed E-state index contributed by atoms with van der Waals surface area (Å²) in [5.41, 5.74) is 0.178. The molecule has 1 heterocycles. The van der Waals surface area contributed by atoms with Crippen LogP contribution in [0.25, 0.3) is 0 Å². The molecule has 2 rings (SSSR count). The van der Waals surface area contributed by atoms with Crippen molar-refractivity contribution in [2.24, 2.45) is 0 Å². The molecule has 0 atom stereocenters. The van der Waals surface area contributed by atoms with Gasteiger partial charge in [-0.1, -0.05) is 11.6 Å². The first kappa shape index (κ1) is 14.8. The average molecular weight is 292 g/mol. The molecule has 1 aromatic rings. The molecule has 1 aromatic carbocycles. The Morgan fingerprint density at radius 2 is 1.75 bits per heavy atom. The van der Waals surface area contributed by atoms with Crippen molar-refractivity contribution in [3.8, 4) is 6.07 Å². The summed E-state index contributed by atoms with van der Waals surface area (Å²) in [6.45, 7) is 6.55. The van der Waals surface area contributed by atoms with E-state index < -0.39 is 5.54 Å². The topological polar surface area (TPSA) is 47.3 Å². The Kier molecular flexibility index (Phi) is 4.32. The van der Waals surface area contributed by atoms with Crippen LogP contribution < -0.4 is 0 Å². The highest BCUT2D eigenvalue weighted by Gasteiger charge is 2.31. The normalized spacial score (nSPS) is 16.8. The molecule has 0 spiro atoms. The highest BCUT2D eigenvalue weighted by atomic mass is 35.5. The summed E-state index contributed by atoms with van der Waals surface area (Å²) in [6, 6.07) is 9.25. The quantitative estimate of drug-likeness (QED) is 0.840. The van der Waals surface area contributed by atoms with Gasteiger partial charge in [0.05, 0.1) is 6.07 Å². The Morgan fingerprint density at radius 1 is 1.20 bits per heavy atom. The van der Waals surface area contributed by atoms with Gasteiger partial charge in [-0.05, 0) is 38.1 Å². The van der Waals surface area contributed by atoms with E-state index in [0.717, 1.165) is 13.1 Å². The summed E-state index contributed by atoms with van der Waals surface area (Å²) >= 11 is 5.83. The maximum absolute atomic E-state index is 12.3. The summed E-state index contributed by atoms with van der Waals surface area (Å²) in [6.07, 6.45) is 0. The molecule has 4 nitrogen and oxygen atoms in total. The van der Waals surface area contributed by atoms with Gasteiger partial charge in [0.1, 0.15) is 5.54 Å². The van der Waals surface area contributed by atoms with E-state index in [9.17, 15) is 4.79 Å². The number of halogens is 1. The van der Waals surface area contributed by atoms with Crippen LogP contribution in [-0.4, -0.2) is 47.4 Å². The first-order valence-corrected chi connectivity index (χ1v) is 7.03. The van der Waals surface area contributed by atoms with Crippen molar-refractivity contribution >= 4 is 17.5 Å². The highest BCUT2D eigenvalue weighted by Crippen LogP contribution is 2.18. The molecule has 1 amide bonds. The monoisotopic (exact) mass is 291 g/mol. The number of nitriles is 1. The van der Waals surface area contributed by atoms with E-state index >= 15 is 0 Å². The summed E-state index contributed by atoms with van der Waals surface area (Å²) in [5.74, 6) is 0.0241. The van der Waals surface area contributed by atoms with E-state index in [4.69, 9.17) is 16.9 Å². The van der Waals surface area contributed by atoms with E-state index in [0.29, 0.717) is 23.7 Å². The van der Waals surface area contributed by atoms with Crippen molar-refractivity contribution in [3.63, 3.8) is 0 Å². The molecule has 0 radical (unpaired) electrons. The molecule has 0 aromatic heterocycles. The predicted molar refractivity (Wildman–Crippen MR) is 78.6 cm³/mol. The minimum Gasteiger partial charge on any atom is -0.336 e. The second-order valence-corrected chi connectivity index (χ2v) is 5.89. The van der Waals surface area contributed by atoms with Crippen LogP contribution in [0, 0.1) is 11.3 Å². The van der Waals surface area contributed by atoms with Gasteiger partial charge in [0.25, 0.3) is 5.91 Å². The van der Waals surface area contributed by atoms with E-state index in [1.165, 1.54) is 0 Å². The van der Waals surface area contributed by atoms with Gasteiger partial charge in [-0.2, -0.15) is 5.26 Å². The molecular weight excluding hydrogens is 274 g/mol. The number of benzene rings is 1. The molecule has 20 heavy (non-hydrogen) atoms. The first-order chi connectivity index (χ1) is 9.44. The fraction of sp³-hybridized carbons (Fsp3) is 0.467. The summed E-state index contributed by atoms with van der Waals surface area (Å²) < 4.78 is 0. The van der Waals surface area contributed by atoms with Gasteiger partial charge in [0, 0.05) is 36.8 Å². The lowest BCUT2D eigenvalue weighted by molar-refractivity contribution is 0.0521. The van der Waals surface area contributed by atoms with E-state index in [-0.39, 0.29) is 5.91 Å². The number of rotatable bonds is 2. The van der Waals surface area contributed by atoms with E-state index in [1.54, 1.807) is 24.3 Å². The maximum atomic E-state index is 12.3. The van der Waals surface area contributed by atoms with Gasteiger partial charge in [-0.25, -0.2) is 0 Å². The van der Waals surface area contributed by atoms with Crippen LogP contribution in [0.2, 0.25) is 5.02 Å². The lowest BCUT2D eigenvalue weighted by Gasteiger charge is -2.40. The summed E-state index contributed by atoms with van der Waals surface area (Å²) in [5, 5.41) is 9.77. The van der Waals surface area contributed by atoms with Crippen molar-refractivity contribution in [3.05, 3.63) is 34.9 Å². The van der Waals surface area contributed by atoms with Crippen LogP contribution in [0.4, 0.5) is 0 Å².